The van der Waals surface area contributed by atoms with Crippen molar-refractivity contribution in [3.05, 3.63) is 57.7 Å². The van der Waals surface area contributed by atoms with Crippen LogP contribution in [-0.2, 0) is 0 Å². The van der Waals surface area contributed by atoms with Crippen molar-refractivity contribution in [2.45, 2.75) is 26.7 Å². The van der Waals surface area contributed by atoms with Crippen LogP contribution in [0.15, 0.2) is 39.6 Å². The van der Waals surface area contributed by atoms with Crippen molar-refractivity contribution in [2.24, 2.45) is 0 Å². The van der Waals surface area contributed by atoms with Gasteiger partial charge in [-0.1, -0.05) is 25.1 Å². The van der Waals surface area contributed by atoms with Gasteiger partial charge in [-0.25, -0.2) is 0 Å². The highest BCUT2D eigenvalue weighted by Gasteiger charge is 2.12. The first kappa shape index (κ1) is 15.0. The van der Waals surface area contributed by atoms with Gasteiger partial charge in [-0.3, -0.25) is 9.59 Å². The number of aromatic amines is 1. The topological polar surface area (TPSA) is 88.0 Å². The Hall–Kier alpha value is -2.89. The molecule has 0 saturated heterocycles. The van der Waals surface area contributed by atoms with Crippen molar-refractivity contribution in [2.75, 3.05) is 5.32 Å². The highest BCUT2D eigenvalue weighted by atomic mass is 16.5. The molecule has 23 heavy (non-hydrogen) atoms. The zero-order valence-corrected chi connectivity index (χ0v) is 13.1. The van der Waals surface area contributed by atoms with Crippen LogP contribution in [0.4, 0.5) is 5.69 Å². The molecular weight excluding hydrogens is 294 g/mol. The average molecular weight is 311 g/mol. The van der Waals surface area contributed by atoms with Crippen molar-refractivity contribution < 1.29 is 9.32 Å². The van der Waals surface area contributed by atoms with Crippen LogP contribution in [0.25, 0.3) is 10.9 Å². The van der Waals surface area contributed by atoms with Crippen LogP contribution in [0.3, 0.4) is 0 Å². The number of pyridine rings is 1. The number of aromatic nitrogens is 2. The number of aryl methyl sites for hydroxylation is 1. The summed E-state index contributed by atoms with van der Waals surface area (Å²) in [6, 6.07) is 8.62. The van der Waals surface area contributed by atoms with E-state index in [1.54, 1.807) is 31.2 Å². The third kappa shape index (κ3) is 3.01. The summed E-state index contributed by atoms with van der Waals surface area (Å²) in [5.74, 6) is 0.446. The number of nitrogens with one attached hydrogen (secondary N) is 2. The molecule has 0 radical (unpaired) electrons. The van der Waals surface area contributed by atoms with Gasteiger partial charge < -0.3 is 14.8 Å². The number of amides is 1. The molecule has 0 aliphatic heterocycles. The minimum absolute atomic E-state index is 0.156. The van der Waals surface area contributed by atoms with Gasteiger partial charge in [0.2, 0.25) is 5.56 Å². The van der Waals surface area contributed by atoms with Gasteiger partial charge in [0.05, 0.1) is 5.52 Å². The Bertz CT molecular complexity index is 938. The second kappa shape index (κ2) is 5.72. The summed E-state index contributed by atoms with van der Waals surface area (Å²) in [5.41, 5.74) is 2.31. The summed E-state index contributed by atoms with van der Waals surface area (Å²) in [7, 11) is 0. The maximum atomic E-state index is 12.1. The van der Waals surface area contributed by atoms with E-state index in [0.717, 1.165) is 10.9 Å². The molecule has 0 fully saturated rings. The number of nitrogens with zero attached hydrogens (tertiary/aromatic N) is 1. The Morgan fingerprint density at radius 1 is 1.26 bits per heavy atom. The lowest BCUT2D eigenvalue weighted by atomic mass is 9.99. The van der Waals surface area contributed by atoms with E-state index in [1.165, 1.54) is 0 Å². The third-order valence-corrected chi connectivity index (χ3v) is 3.62. The van der Waals surface area contributed by atoms with Crippen molar-refractivity contribution in [3.63, 3.8) is 0 Å². The highest BCUT2D eigenvalue weighted by Crippen LogP contribution is 2.25. The van der Waals surface area contributed by atoms with Gasteiger partial charge >= 0.3 is 0 Å². The van der Waals surface area contributed by atoms with E-state index in [1.807, 2.05) is 19.9 Å². The SMILES string of the molecule is Cc1cc(C(=O)Nc2ccc3c(C(C)C)cc(=O)[nH]c3c2)no1. The molecular formula is C17H17N3O3. The molecule has 118 valence electrons. The Morgan fingerprint density at radius 2 is 2.04 bits per heavy atom. The Morgan fingerprint density at radius 3 is 2.70 bits per heavy atom. The summed E-state index contributed by atoms with van der Waals surface area (Å²) in [5, 5.41) is 7.40. The first-order chi connectivity index (χ1) is 10.9. The lowest BCUT2D eigenvalue weighted by molar-refractivity contribution is 0.101. The molecule has 0 bridgehead atoms. The van der Waals surface area contributed by atoms with Crippen LogP contribution in [0.2, 0.25) is 0 Å². The second-order valence-electron chi connectivity index (χ2n) is 5.78. The molecule has 0 unspecified atom stereocenters. The lowest BCUT2D eigenvalue weighted by Crippen LogP contribution is -2.13. The molecule has 1 amide bonds. The normalized spacial score (nSPS) is 11.1. The maximum Gasteiger partial charge on any atom is 0.277 e. The predicted octanol–water partition coefficient (Wildman–Crippen LogP) is 3.20. The van der Waals surface area contributed by atoms with Crippen LogP contribution in [0.5, 0.6) is 0 Å². The maximum absolute atomic E-state index is 12.1. The molecule has 0 atom stereocenters. The molecule has 0 saturated carbocycles. The quantitative estimate of drug-likeness (QED) is 0.777. The van der Waals surface area contributed by atoms with Gasteiger partial charge in [0.15, 0.2) is 5.69 Å². The van der Waals surface area contributed by atoms with E-state index >= 15 is 0 Å². The van der Waals surface area contributed by atoms with E-state index in [9.17, 15) is 9.59 Å². The number of H-pyrrole nitrogens is 1. The van der Waals surface area contributed by atoms with Crippen LogP contribution in [0.1, 0.15) is 41.6 Å². The number of carbonyl (C=O) groups is 1. The summed E-state index contributed by atoms with van der Waals surface area (Å²) in [6.45, 7) is 5.80. The molecule has 2 heterocycles. The number of anilines is 1. The van der Waals surface area contributed by atoms with Gasteiger partial charge in [-0.15, -0.1) is 0 Å². The van der Waals surface area contributed by atoms with E-state index in [2.05, 4.69) is 15.5 Å². The number of hydrogen-bond donors (Lipinski definition) is 2. The van der Waals surface area contributed by atoms with Gasteiger partial charge in [0.1, 0.15) is 5.76 Å². The van der Waals surface area contributed by atoms with E-state index in [4.69, 9.17) is 4.52 Å². The minimum atomic E-state index is -0.358. The van der Waals surface area contributed by atoms with E-state index in [0.29, 0.717) is 17.0 Å². The molecule has 6 nitrogen and oxygen atoms in total. The number of rotatable bonds is 3. The van der Waals surface area contributed by atoms with Crippen LogP contribution in [0, 0.1) is 6.92 Å². The first-order valence-electron chi connectivity index (χ1n) is 7.35. The van der Waals surface area contributed by atoms with Gasteiger partial charge in [0.25, 0.3) is 5.91 Å². The first-order valence-corrected chi connectivity index (χ1v) is 7.35. The monoisotopic (exact) mass is 311 g/mol. The van der Waals surface area contributed by atoms with E-state index in [-0.39, 0.29) is 23.1 Å². The summed E-state index contributed by atoms with van der Waals surface area (Å²) < 4.78 is 4.89. The van der Waals surface area contributed by atoms with Gasteiger partial charge in [-0.05, 0) is 30.5 Å². The zero-order valence-electron chi connectivity index (χ0n) is 13.1. The lowest BCUT2D eigenvalue weighted by Gasteiger charge is -2.11. The number of carbonyl (C=O) groups excluding carboxylic acids is 1. The number of fused-ring (bicyclic) bond motifs is 1. The van der Waals surface area contributed by atoms with E-state index < -0.39 is 0 Å². The van der Waals surface area contributed by atoms with Crippen LogP contribution < -0.4 is 10.9 Å². The summed E-state index contributed by atoms with van der Waals surface area (Å²) in [4.78, 5) is 26.7. The standard InChI is InChI=1S/C17H17N3O3/c1-9(2)13-8-16(21)19-14-7-11(4-5-12(13)14)18-17(22)15-6-10(3)23-20-15/h4-9H,1-3H3,(H,18,22)(H,19,21). The van der Waals surface area contributed by atoms with Gasteiger partial charge in [-0.2, -0.15) is 0 Å². The molecule has 2 aromatic heterocycles. The van der Waals surface area contributed by atoms with Crippen LogP contribution in [-0.4, -0.2) is 16.0 Å². The molecule has 0 aliphatic carbocycles. The second-order valence-corrected chi connectivity index (χ2v) is 5.78. The van der Waals surface area contributed by atoms with Crippen molar-refractivity contribution in [3.8, 4) is 0 Å². The fourth-order valence-electron chi connectivity index (χ4n) is 2.51. The fourth-order valence-corrected chi connectivity index (χ4v) is 2.51. The average Bonchev–Trinajstić information content (AvgIpc) is 2.92. The molecule has 3 rings (SSSR count). The Labute approximate surface area is 132 Å². The zero-order chi connectivity index (χ0) is 16.6. The number of hydrogen-bond acceptors (Lipinski definition) is 4. The molecule has 3 aromatic rings. The predicted molar refractivity (Wildman–Crippen MR) is 87.9 cm³/mol. The Balaban J connectivity index is 1.97. The third-order valence-electron chi connectivity index (χ3n) is 3.62. The van der Waals surface area contributed by atoms with Gasteiger partial charge in [0, 0.05) is 23.2 Å². The largest absolute Gasteiger partial charge is 0.361 e. The molecule has 6 heteroatoms. The van der Waals surface area contributed by atoms with Crippen molar-refractivity contribution >= 4 is 22.5 Å². The smallest absolute Gasteiger partial charge is 0.277 e. The van der Waals surface area contributed by atoms with Crippen molar-refractivity contribution in [1.82, 2.24) is 10.1 Å². The molecule has 2 N–H and O–H groups in total. The van der Waals surface area contributed by atoms with Crippen molar-refractivity contribution in [1.29, 1.82) is 0 Å². The summed E-state index contributed by atoms with van der Waals surface area (Å²) >= 11 is 0. The Kier molecular flexibility index (Phi) is 3.73. The fraction of sp³-hybridized carbons (Fsp3) is 0.235. The highest BCUT2D eigenvalue weighted by molar-refractivity contribution is 6.03. The molecule has 0 aliphatic rings. The molecule has 1 aromatic carbocycles. The summed E-state index contributed by atoms with van der Waals surface area (Å²) in [6.07, 6.45) is 0. The number of benzene rings is 1. The van der Waals surface area contributed by atoms with Crippen LogP contribution >= 0.6 is 0 Å². The molecule has 0 spiro atoms. The minimum Gasteiger partial charge on any atom is -0.361 e.